The van der Waals surface area contributed by atoms with Crippen molar-refractivity contribution in [2.45, 2.75) is 6.92 Å². The van der Waals surface area contributed by atoms with Crippen LogP contribution in [0.15, 0.2) is 138 Å². The van der Waals surface area contributed by atoms with Crippen LogP contribution in [0.3, 0.4) is 0 Å². The van der Waals surface area contributed by atoms with Crippen molar-refractivity contribution in [1.82, 2.24) is 9.13 Å². The molecule has 0 saturated heterocycles. The molecule has 0 atom stereocenters. The van der Waals surface area contributed by atoms with E-state index < -0.39 is 21.2 Å². The summed E-state index contributed by atoms with van der Waals surface area (Å²) in [6.45, 7) is 6.85. The first-order valence-electron chi connectivity index (χ1n) is 13.6. The number of para-hydroxylation sites is 4. The van der Waals surface area contributed by atoms with Gasteiger partial charge in [-0.3, -0.25) is 0 Å². The van der Waals surface area contributed by atoms with Crippen LogP contribution < -0.4 is 21.2 Å². The van der Waals surface area contributed by atoms with Crippen molar-refractivity contribution in [3.05, 3.63) is 147 Å². The van der Waals surface area contributed by atoms with E-state index in [1.165, 1.54) is 67.6 Å². The molecule has 3 heterocycles. The number of allylic oxidation sites excluding steroid dienone is 5. The Morgan fingerprint density at radius 1 is 0.650 bits per heavy atom. The third-order valence-corrected chi connectivity index (χ3v) is 11.2. The topological polar surface area (TPSA) is 9.86 Å². The maximum atomic E-state index is 4.74. The molecule has 0 saturated carbocycles. The zero-order valence-electron chi connectivity index (χ0n) is 22.1. The number of hydrogen-bond donors (Lipinski definition) is 0. The molecule has 1 aliphatic heterocycles. The van der Waals surface area contributed by atoms with Gasteiger partial charge in [0.1, 0.15) is 0 Å². The van der Waals surface area contributed by atoms with Gasteiger partial charge in [-0.15, -0.1) is 0 Å². The van der Waals surface area contributed by atoms with E-state index in [-0.39, 0.29) is 0 Å². The van der Waals surface area contributed by atoms with Crippen molar-refractivity contribution in [3.63, 3.8) is 0 Å². The molecule has 0 aliphatic carbocycles. The molecular weight excluding hydrogens is 599 g/mol. The summed E-state index contributed by atoms with van der Waals surface area (Å²) >= 11 is -0.399. The van der Waals surface area contributed by atoms with Crippen LogP contribution in [0.1, 0.15) is 12.5 Å². The van der Waals surface area contributed by atoms with Crippen molar-refractivity contribution in [2.75, 3.05) is 0 Å². The molecule has 8 rings (SSSR count). The number of rotatable bonds is 4. The Morgan fingerprint density at radius 2 is 1.15 bits per heavy atom. The molecule has 0 spiro atoms. The van der Waals surface area contributed by atoms with Crippen molar-refractivity contribution >= 4 is 54.9 Å². The van der Waals surface area contributed by atoms with E-state index in [1.807, 2.05) is 0 Å². The molecule has 2 nitrogen and oxygen atoms in total. The number of benzene rings is 5. The Morgan fingerprint density at radius 3 is 1.70 bits per heavy atom. The monoisotopic (exact) mass is 625 g/mol. The van der Waals surface area contributed by atoms with E-state index in [2.05, 4.69) is 143 Å². The van der Waals surface area contributed by atoms with Crippen LogP contribution in [0.5, 0.6) is 0 Å². The van der Waals surface area contributed by atoms with Crippen molar-refractivity contribution < 1.29 is 21.2 Å². The van der Waals surface area contributed by atoms with Gasteiger partial charge in [-0.1, -0.05) is 0 Å². The van der Waals surface area contributed by atoms with Crippen LogP contribution in [0.2, 0.25) is 0 Å². The third-order valence-electron chi connectivity index (χ3n) is 7.95. The van der Waals surface area contributed by atoms with Crippen LogP contribution in [-0.2, 0) is 0 Å². The van der Waals surface area contributed by atoms with E-state index in [0.29, 0.717) is 0 Å². The van der Waals surface area contributed by atoms with Crippen molar-refractivity contribution in [1.29, 1.82) is 0 Å². The van der Waals surface area contributed by atoms with Crippen molar-refractivity contribution in [2.24, 2.45) is 0 Å². The number of hydrogen-bond acceptors (Lipinski definition) is 0. The molecule has 0 radical (unpaired) electrons. The van der Waals surface area contributed by atoms with Gasteiger partial charge in [-0.2, -0.15) is 0 Å². The van der Waals surface area contributed by atoms with Crippen LogP contribution in [0.4, 0.5) is 0 Å². The van der Waals surface area contributed by atoms with Gasteiger partial charge in [0.15, 0.2) is 0 Å². The fourth-order valence-corrected chi connectivity index (χ4v) is 9.25. The summed E-state index contributed by atoms with van der Waals surface area (Å²) in [6.07, 6.45) is 4.45. The minimum atomic E-state index is -0.399. The molecule has 3 heteroatoms. The predicted molar refractivity (Wildman–Crippen MR) is 166 cm³/mol. The van der Waals surface area contributed by atoms with Gasteiger partial charge in [0.25, 0.3) is 0 Å². The fourth-order valence-electron chi connectivity index (χ4n) is 6.26. The quantitative estimate of drug-likeness (QED) is 0.195. The normalized spacial score (nSPS) is 13.6. The van der Waals surface area contributed by atoms with Gasteiger partial charge in [-0.05, 0) is 0 Å². The summed E-state index contributed by atoms with van der Waals surface area (Å²) in [4.78, 5) is 0. The first kappa shape index (κ1) is 23.5. The van der Waals surface area contributed by atoms with E-state index in [1.54, 1.807) is 0 Å². The number of aromatic nitrogens is 2. The Bertz CT molecular complexity index is 2110. The molecule has 0 amide bonds. The Kier molecular flexibility index (Phi) is 5.36. The standard InChI is InChI=1S/C37H26IN2/c1-3-12-30-31-23-25(40-35-19-10-6-15-28(35)29-16-7-11-20-36(29)40)21-22-32(31)38-37(30)24(2)39-33-17-8-4-13-26(33)27-14-5-9-18-34(27)39/h3-23H,2H2,1H3/q-1/b12-3-. The second kappa shape index (κ2) is 9.10. The van der Waals surface area contributed by atoms with Crippen molar-refractivity contribution in [3.8, 4) is 5.69 Å². The molecule has 0 unspecified atom stereocenters. The van der Waals surface area contributed by atoms with E-state index >= 15 is 0 Å². The molecular formula is C37H26IN2-. The number of nitrogens with zero attached hydrogens (tertiary/aromatic N) is 2. The molecule has 1 aliphatic rings. The average Bonchev–Trinajstić information content (AvgIpc) is 3.65. The summed E-state index contributed by atoms with van der Waals surface area (Å²) in [5, 5.41) is 5.12. The summed E-state index contributed by atoms with van der Waals surface area (Å²) in [5.74, 6) is 0. The van der Waals surface area contributed by atoms with Crippen LogP contribution in [-0.4, -0.2) is 9.13 Å². The SMILES string of the molecule is C=C(C1=C(/C=C\C)c2cc(-n3c4ccccc4c4ccccc43)ccc2[I-]1)n1c2ccccc2c2ccccc21. The van der Waals surface area contributed by atoms with Gasteiger partial charge in [-0.25, -0.2) is 0 Å². The van der Waals surface area contributed by atoms with E-state index in [9.17, 15) is 0 Å². The molecule has 192 valence electrons. The molecule has 0 bridgehead atoms. The van der Waals surface area contributed by atoms with Crippen LogP contribution in [0.25, 0.3) is 60.6 Å². The molecule has 0 fully saturated rings. The molecule has 40 heavy (non-hydrogen) atoms. The number of halogens is 1. The predicted octanol–water partition coefficient (Wildman–Crippen LogP) is 6.62. The van der Waals surface area contributed by atoms with Gasteiger partial charge in [0, 0.05) is 0 Å². The first-order valence-corrected chi connectivity index (χ1v) is 15.7. The van der Waals surface area contributed by atoms with Crippen LogP contribution >= 0.6 is 0 Å². The van der Waals surface area contributed by atoms with Gasteiger partial charge >= 0.3 is 245 Å². The first-order chi connectivity index (χ1) is 19.7. The fraction of sp³-hybridized carbons (Fsp3) is 0.0270. The Hall–Kier alpha value is -4.35. The van der Waals surface area contributed by atoms with E-state index in [4.69, 9.17) is 6.58 Å². The Balaban J connectivity index is 1.34. The second-order valence-electron chi connectivity index (χ2n) is 10.2. The van der Waals surface area contributed by atoms with Gasteiger partial charge in [0.05, 0.1) is 0 Å². The summed E-state index contributed by atoms with van der Waals surface area (Å²) in [7, 11) is 0. The van der Waals surface area contributed by atoms with E-state index in [0.717, 1.165) is 5.70 Å². The Labute approximate surface area is 243 Å². The second-order valence-corrected chi connectivity index (χ2v) is 13.0. The van der Waals surface area contributed by atoms with Gasteiger partial charge < -0.3 is 0 Å². The molecule has 2 aromatic heterocycles. The van der Waals surface area contributed by atoms with Crippen LogP contribution in [0, 0.1) is 3.57 Å². The summed E-state index contributed by atoms with van der Waals surface area (Å²) in [6, 6.07) is 41.9. The summed E-state index contributed by atoms with van der Waals surface area (Å²) in [5.41, 5.74) is 9.84. The maximum absolute atomic E-state index is 4.74. The molecule has 7 aromatic rings. The number of fused-ring (bicyclic) bond motifs is 7. The summed E-state index contributed by atoms with van der Waals surface area (Å²) < 4.78 is 7.63. The molecule has 5 aromatic carbocycles. The van der Waals surface area contributed by atoms with Gasteiger partial charge in [0.2, 0.25) is 0 Å². The molecule has 0 N–H and O–H groups in total. The zero-order valence-corrected chi connectivity index (χ0v) is 24.3. The zero-order chi connectivity index (χ0) is 26.8. The average molecular weight is 626 g/mol. The third kappa shape index (κ3) is 3.34. The minimum absolute atomic E-state index is 0.399.